The number of imidazole rings is 1. The molecule has 0 bridgehead atoms. The van der Waals surface area contributed by atoms with Crippen molar-refractivity contribution in [3.8, 4) is 17.0 Å². The van der Waals surface area contributed by atoms with Crippen molar-refractivity contribution in [2.75, 3.05) is 13.7 Å². The second-order valence-corrected chi connectivity index (χ2v) is 7.38. The first-order chi connectivity index (χ1) is 14.3. The summed E-state index contributed by atoms with van der Waals surface area (Å²) >= 11 is 0. The second kappa shape index (κ2) is 7.64. The molecule has 4 aromatic heterocycles. The Hall–Kier alpha value is -3.25. The SMILES string of the molecule is COc1ncccc1CN1CCC[C@@H]1c1ncn2cc(-c3cccnc3)ccc12. The summed E-state index contributed by atoms with van der Waals surface area (Å²) in [6.07, 6.45) is 11.8. The largest absolute Gasteiger partial charge is 0.481 e. The van der Waals surface area contributed by atoms with E-state index < -0.39 is 0 Å². The van der Waals surface area contributed by atoms with Crippen molar-refractivity contribution in [2.45, 2.75) is 25.4 Å². The number of hydrogen-bond donors (Lipinski definition) is 0. The van der Waals surface area contributed by atoms with Gasteiger partial charge in [-0.3, -0.25) is 9.88 Å². The standard InChI is InChI=1S/C23H23N5O/c1-29-23-19(6-3-11-25-23)15-27-12-4-7-20(27)22-21-9-8-18(14-28(21)16-26-22)17-5-2-10-24-13-17/h2-3,5-6,8-11,13-14,16,20H,4,7,12,15H2,1H3/t20-/m1/s1. The maximum Gasteiger partial charge on any atom is 0.217 e. The van der Waals surface area contributed by atoms with Crippen LogP contribution in [-0.2, 0) is 6.54 Å². The lowest BCUT2D eigenvalue weighted by Gasteiger charge is -2.24. The highest BCUT2D eigenvalue weighted by molar-refractivity contribution is 5.66. The number of methoxy groups -OCH3 is 1. The van der Waals surface area contributed by atoms with E-state index in [9.17, 15) is 0 Å². The van der Waals surface area contributed by atoms with Crippen molar-refractivity contribution in [1.29, 1.82) is 0 Å². The molecule has 0 aromatic carbocycles. The molecule has 5 heterocycles. The lowest BCUT2D eigenvalue weighted by Crippen LogP contribution is -2.23. The highest BCUT2D eigenvalue weighted by Gasteiger charge is 2.29. The van der Waals surface area contributed by atoms with Gasteiger partial charge in [-0.05, 0) is 43.1 Å². The van der Waals surface area contributed by atoms with Gasteiger partial charge >= 0.3 is 0 Å². The topological polar surface area (TPSA) is 55.5 Å². The van der Waals surface area contributed by atoms with E-state index in [1.165, 1.54) is 6.42 Å². The van der Waals surface area contributed by atoms with E-state index in [-0.39, 0.29) is 0 Å². The van der Waals surface area contributed by atoms with E-state index in [1.54, 1.807) is 19.5 Å². The van der Waals surface area contributed by atoms with E-state index in [2.05, 4.69) is 49.7 Å². The van der Waals surface area contributed by atoms with Crippen LogP contribution in [-0.4, -0.2) is 37.9 Å². The average Bonchev–Trinajstić information content (AvgIpc) is 3.40. The fourth-order valence-electron chi connectivity index (χ4n) is 4.25. The molecule has 1 aliphatic heterocycles. The smallest absolute Gasteiger partial charge is 0.217 e. The van der Waals surface area contributed by atoms with Crippen LogP contribution >= 0.6 is 0 Å². The number of aromatic nitrogens is 4. The Morgan fingerprint density at radius 2 is 2.00 bits per heavy atom. The molecule has 0 amide bonds. The number of likely N-dealkylation sites (tertiary alicyclic amines) is 1. The molecule has 0 saturated carbocycles. The molecule has 29 heavy (non-hydrogen) atoms. The summed E-state index contributed by atoms with van der Waals surface area (Å²) in [5.74, 6) is 0.703. The Bertz CT molecular complexity index is 1120. The van der Waals surface area contributed by atoms with E-state index in [0.717, 1.165) is 47.4 Å². The molecule has 0 aliphatic carbocycles. The van der Waals surface area contributed by atoms with Crippen LogP contribution in [0.5, 0.6) is 5.88 Å². The summed E-state index contributed by atoms with van der Waals surface area (Å²) in [6.45, 7) is 1.87. The summed E-state index contributed by atoms with van der Waals surface area (Å²) in [5, 5.41) is 0. The van der Waals surface area contributed by atoms with Crippen molar-refractivity contribution in [1.82, 2.24) is 24.3 Å². The summed E-state index contributed by atoms with van der Waals surface area (Å²) in [6, 6.07) is 12.7. The van der Waals surface area contributed by atoms with Gasteiger partial charge in [0.2, 0.25) is 5.88 Å². The molecule has 1 aliphatic rings. The zero-order chi connectivity index (χ0) is 19.6. The number of hydrogen-bond acceptors (Lipinski definition) is 5. The third-order valence-corrected chi connectivity index (χ3v) is 5.65. The average molecular weight is 385 g/mol. The molecule has 1 saturated heterocycles. The molecule has 1 atom stereocenters. The van der Waals surface area contributed by atoms with Gasteiger partial charge in [0.15, 0.2) is 0 Å². The molecule has 6 heteroatoms. The van der Waals surface area contributed by atoms with Crippen LogP contribution in [0.1, 0.15) is 30.1 Å². The van der Waals surface area contributed by atoms with E-state index in [1.807, 2.05) is 24.7 Å². The molecule has 4 aromatic rings. The van der Waals surface area contributed by atoms with Crippen molar-refractivity contribution < 1.29 is 4.74 Å². The van der Waals surface area contributed by atoms with Gasteiger partial charge in [-0.25, -0.2) is 9.97 Å². The first-order valence-corrected chi connectivity index (χ1v) is 9.92. The molecule has 0 radical (unpaired) electrons. The van der Waals surface area contributed by atoms with Crippen LogP contribution in [0.2, 0.25) is 0 Å². The van der Waals surface area contributed by atoms with E-state index in [0.29, 0.717) is 11.9 Å². The fourth-order valence-corrected chi connectivity index (χ4v) is 4.25. The van der Waals surface area contributed by atoms with Crippen molar-refractivity contribution >= 4 is 5.52 Å². The number of fused-ring (bicyclic) bond motifs is 1. The molecular formula is C23H23N5O. The highest BCUT2D eigenvalue weighted by atomic mass is 16.5. The summed E-state index contributed by atoms with van der Waals surface area (Å²) in [7, 11) is 1.68. The van der Waals surface area contributed by atoms with Gasteiger partial charge < -0.3 is 9.14 Å². The van der Waals surface area contributed by atoms with E-state index in [4.69, 9.17) is 9.72 Å². The molecule has 146 valence electrons. The van der Waals surface area contributed by atoms with Crippen molar-refractivity contribution in [3.63, 3.8) is 0 Å². The molecular weight excluding hydrogens is 362 g/mol. The molecule has 6 nitrogen and oxygen atoms in total. The Morgan fingerprint density at radius 3 is 2.86 bits per heavy atom. The number of ether oxygens (including phenoxy) is 1. The Labute approximate surface area is 169 Å². The first-order valence-electron chi connectivity index (χ1n) is 9.92. The monoisotopic (exact) mass is 385 g/mol. The van der Waals surface area contributed by atoms with Gasteiger partial charge in [0.1, 0.15) is 0 Å². The Kier molecular flexibility index (Phi) is 4.69. The fraction of sp³-hybridized carbons (Fsp3) is 0.261. The number of nitrogens with zero attached hydrogens (tertiary/aromatic N) is 5. The van der Waals surface area contributed by atoms with Gasteiger partial charge in [-0.1, -0.05) is 18.2 Å². The van der Waals surface area contributed by atoms with Crippen LogP contribution in [0, 0.1) is 0 Å². The maximum atomic E-state index is 5.44. The maximum absolute atomic E-state index is 5.44. The van der Waals surface area contributed by atoms with Crippen LogP contribution in [0.4, 0.5) is 0 Å². The lowest BCUT2D eigenvalue weighted by molar-refractivity contribution is 0.241. The molecule has 5 rings (SSSR count). The van der Waals surface area contributed by atoms with Gasteiger partial charge in [-0.2, -0.15) is 0 Å². The second-order valence-electron chi connectivity index (χ2n) is 7.38. The number of rotatable bonds is 5. The highest BCUT2D eigenvalue weighted by Crippen LogP contribution is 2.35. The van der Waals surface area contributed by atoms with Crippen molar-refractivity contribution in [3.05, 3.63) is 78.8 Å². The van der Waals surface area contributed by atoms with E-state index >= 15 is 0 Å². The Balaban J connectivity index is 1.45. The van der Waals surface area contributed by atoms with Gasteiger partial charge in [-0.15, -0.1) is 0 Å². The van der Waals surface area contributed by atoms with Crippen molar-refractivity contribution in [2.24, 2.45) is 0 Å². The summed E-state index contributed by atoms with van der Waals surface area (Å²) in [5.41, 5.74) is 5.66. The van der Waals surface area contributed by atoms with Gasteiger partial charge in [0, 0.05) is 42.5 Å². The minimum absolute atomic E-state index is 0.300. The predicted molar refractivity (Wildman–Crippen MR) is 112 cm³/mol. The van der Waals surface area contributed by atoms with Gasteiger partial charge in [0.05, 0.1) is 30.7 Å². The lowest BCUT2D eigenvalue weighted by atomic mass is 10.1. The number of pyridine rings is 3. The van der Waals surface area contributed by atoms with Gasteiger partial charge in [0.25, 0.3) is 0 Å². The zero-order valence-electron chi connectivity index (χ0n) is 16.4. The molecule has 0 unspecified atom stereocenters. The van der Waals surface area contributed by atoms with Crippen LogP contribution in [0.15, 0.2) is 67.5 Å². The molecule has 0 spiro atoms. The Morgan fingerprint density at radius 1 is 1.07 bits per heavy atom. The summed E-state index contributed by atoms with van der Waals surface area (Å²) in [4.78, 5) is 15.9. The third-order valence-electron chi connectivity index (χ3n) is 5.65. The minimum Gasteiger partial charge on any atom is -0.481 e. The van der Waals surface area contributed by atoms with Crippen LogP contribution < -0.4 is 4.74 Å². The third kappa shape index (κ3) is 3.36. The first kappa shape index (κ1) is 17.8. The quantitative estimate of drug-likeness (QED) is 0.517. The van der Waals surface area contributed by atoms with Crippen LogP contribution in [0.3, 0.4) is 0 Å². The summed E-state index contributed by atoms with van der Waals surface area (Å²) < 4.78 is 7.57. The molecule has 1 fully saturated rings. The minimum atomic E-state index is 0.300. The molecule has 0 N–H and O–H groups in total. The predicted octanol–water partition coefficient (Wildman–Crippen LogP) is 4.14. The van der Waals surface area contributed by atoms with Crippen LogP contribution in [0.25, 0.3) is 16.6 Å². The normalized spacial score (nSPS) is 17.1. The zero-order valence-corrected chi connectivity index (χ0v) is 16.4.